The van der Waals surface area contributed by atoms with E-state index in [1.165, 1.54) is 23.8 Å². The van der Waals surface area contributed by atoms with Crippen LogP contribution in [0.2, 0.25) is 0 Å². The first-order valence-corrected chi connectivity index (χ1v) is 14.7. The standard InChI is InChI=1S/C36H47FO3/c1-9-35(38,10-2)19-17-28-15-16-31(21-25(28)5)36(11-3,12-4)32-22-26(6)34(27(7)23-32)30-14-13-29(33(37)24-30)18-20-40-39-8/h13-17,19,21-24,38H,9-12,18,20H2,1-8H3/b19-17+. The van der Waals surface area contributed by atoms with Gasteiger partial charge in [-0.1, -0.05) is 82.3 Å². The van der Waals surface area contributed by atoms with Gasteiger partial charge in [-0.3, -0.25) is 0 Å². The van der Waals surface area contributed by atoms with E-state index >= 15 is 0 Å². The molecule has 0 aliphatic heterocycles. The average molecular weight is 547 g/mol. The van der Waals surface area contributed by atoms with Crippen LogP contribution in [0, 0.1) is 26.6 Å². The number of hydrogen-bond acceptors (Lipinski definition) is 3. The normalized spacial score (nSPS) is 12.4. The lowest BCUT2D eigenvalue weighted by Gasteiger charge is -2.35. The van der Waals surface area contributed by atoms with Gasteiger partial charge in [0, 0.05) is 11.8 Å². The van der Waals surface area contributed by atoms with Crippen molar-refractivity contribution < 1.29 is 19.3 Å². The first-order chi connectivity index (χ1) is 19.1. The molecular formula is C36H47FO3. The molecular weight excluding hydrogens is 499 g/mol. The molecule has 3 aromatic carbocycles. The Morgan fingerprint density at radius 1 is 0.800 bits per heavy atom. The molecule has 0 atom stereocenters. The van der Waals surface area contributed by atoms with Crippen molar-refractivity contribution in [3.63, 3.8) is 0 Å². The van der Waals surface area contributed by atoms with Crippen LogP contribution >= 0.6 is 0 Å². The quantitative estimate of drug-likeness (QED) is 0.132. The van der Waals surface area contributed by atoms with E-state index in [1.54, 1.807) is 6.07 Å². The molecule has 1 N–H and O–H groups in total. The van der Waals surface area contributed by atoms with Crippen molar-refractivity contribution in [1.29, 1.82) is 0 Å². The fourth-order valence-electron chi connectivity index (χ4n) is 5.96. The van der Waals surface area contributed by atoms with Crippen LogP contribution in [0.5, 0.6) is 0 Å². The van der Waals surface area contributed by atoms with Gasteiger partial charge in [0.15, 0.2) is 0 Å². The molecule has 40 heavy (non-hydrogen) atoms. The van der Waals surface area contributed by atoms with Crippen LogP contribution < -0.4 is 0 Å². The zero-order valence-electron chi connectivity index (χ0n) is 25.7. The lowest BCUT2D eigenvalue weighted by molar-refractivity contribution is -0.271. The Balaban J connectivity index is 2.00. The van der Waals surface area contributed by atoms with Gasteiger partial charge in [-0.05, 0) is 103 Å². The van der Waals surface area contributed by atoms with Crippen LogP contribution in [0.4, 0.5) is 4.39 Å². The fourth-order valence-corrected chi connectivity index (χ4v) is 5.96. The second kappa shape index (κ2) is 13.7. The summed E-state index contributed by atoms with van der Waals surface area (Å²) >= 11 is 0. The third-order valence-electron chi connectivity index (χ3n) is 8.83. The number of hydrogen-bond donors (Lipinski definition) is 1. The van der Waals surface area contributed by atoms with E-state index in [2.05, 4.69) is 75.9 Å². The van der Waals surface area contributed by atoms with Crippen molar-refractivity contribution in [1.82, 2.24) is 0 Å². The van der Waals surface area contributed by atoms with Gasteiger partial charge in [-0.25, -0.2) is 14.2 Å². The third-order valence-corrected chi connectivity index (χ3v) is 8.83. The largest absolute Gasteiger partial charge is 0.386 e. The molecule has 3 aromatic rings. The van der Waals surface area contributed by atoms with Crippen LogP contribution in [0.15, 0.2) is 54.6 Å². The molecule has 0 radical (unpaired) electrons. The summed E-state index contributed by atoms with van der Waals surface area (Å²) < 4.78 is 14.9. The molecule has 0 aromatic heterocycles. The van der Waals surface area contributed by atoms with E-state index in [4.69, 9.17) is 4.89 Å². The summed E-state index contributed by atoms with van der Waals surface area (Å²) in [6.07, 6.45) is 7.78. The fraction of sp³-hybridized carbons (Fsp3) is 0.444. The lowest BCUT2D eigenvalue weighted by atomic mass is 9.69. The molecule has 0 spiro atoms. The van der Waals surface area contributed by atoms with Gasteiger partial charge in [0.05, 0.1) is 19.3 Å². The van der Waals surface area contributed by atoms with Crippen molar-refractivity contribution in [2.45, 2.75) is 91.6 Å². The third kappa shape index (κ3) is 6.74. The van der Waals surface area contributed by atoms with Crippen LogP contribution in [0.25, 0.3) is 17.2 Å². The van der Waals surface area contributed by atoms with E-state index in [9.17, 15) is 9.50 Å². The maximum absolute atomic E-state index is 14.9. The summed E-state index contributed by atoms with van der Waals surface area (Å²) in [5.74, 6) is -0.225. The summed E-state index contributed by atoms with van der Waals surface area (Å²) in [6.45, 7) is 15.3. The van der Waals surface area contributed by atoms with Crippen LogP contribution in [0.3, 0.4) is 0 Å². The highest BCUT2D eigenvalue weighted by Gasteiger charge is 2.32. The van der Waals surface area contributed by atoms with E-state index in [0.717, 1.165) is 40.7 Å². The second-order valence-electron chi connectivity index (χ2n) is 11.0. The molecule has 0 aliphatic carbocycles. The van der Waals surface area contributed by atoms with Gasteiger partial charge in [-0.2, -0.15) is 0 Å². The lowest BCUT2D eigenvalue weighted by Crippen LogP contribution is -2.26. The molecule has 0 saturated heterocycles. The SMILES string of the molecule is CCC(O)(/C=C/c1ccc(C(CC)(CC)c2cc(C)c(-c3ccc(CCOOC)c(F)c3)c(C)c2)cc1C)CC. The molecule has 0 amide bonds. The predicted molar refractivity (Wildman–Crippen MR) is 165 cm³/mol. The van der Waals surface area contributed by atoms with Gasteiger partial charge < -0.3 is 5.11 Å². The van der Waals surface area contributed by atoms with Crippen LogP contribution in [-0.4, -0.2) is 24.4 Å². The maximum Gasteiger partial charge on any atom is 0.127 e. The molecule has 0 unspecified atom stereocenters. The Labute approximate surface area is 241 Å². The second-order valence-corrected chi connectivity index (χ2v) is 11.0. The van der Waals surface area contributed by atoms with Gasteiger partial charge in [0.25, 0.3) is 0 Å². The number of benzene rings is 3. The summed E-state index contributed by atoms with van der Waals surface area (Å²) in [4.78, 5) is 9.54. The van der Waals surface area contributed by atoms with Crippen molar-refractivity contribution in [2.24, 2.45) is 0 Å². The Hall–Kier alpha value is -2.79. The smallest absolute Gasteiger partial charge is 0.127 e. The minimum atomic E-state index is -0.764. The molecule has 0 fully saturated rings. The zero-order valence-corrected chi connectivity index (χ0v) is 25.7. The summed E-state index contributed by atoms with van der Waals surface area (Å²) in [7, 11) is 1.45. The van der Waals surface area contributed by atoms with Gasteiger partial charge >= 0.3 is 0 Å². The Kier molecular flexibility index (Phi) is 10.9. The first-order valence-electron chi connectivity index (χ1n) is 14.7. The monoisotopic (exact) mass is 546 g/mol. The highest BCUT2D eigenvalue weighted by atomic mass is 19.1. The number of rotatable bonds is 13. The highest BCUT2D eigenvalue weighted by Crippen LogP contribution is 2.42. The van der Waals surface area contributed by atoms with Crippen molar-refractivity contribution in [3.8, 4) is 11.1 Å². The van der Waals surface area contributed by atoms with Crippen molar-refractivity contribution >= 4 is 6.08 Å². The van der Waals surface area contributed by atoms with E-state index in [-0.39, 0.29) is 11.2 Å². The highest BCUT2D eigenvalue weighted by molar-refractivity contribution is 5.72. The van der Waals surface area contributed by atoms with Crippen molar-refractivity contribution in [3.05, 3.63) is 99.4 Å². The van der Waals surface area contributed by atoms with Crippen LogP contribution in [-0.2, 0) is 21.6 Å². The Morgan fingerprint density at radius 2 is 1.43 bits per heavy atom. The van der Waals surface area contributed by atoms with E-state index in [1.807, 2.05) is 32.1 Å². The first kappa shape index (κ1) is 31.7. The molecule has 4 heteroatoms. The molecule has 0 heterocycles. The Morgan fingerprint density at radius 3 is 1.95 bits per heavy atom. The van der Waals surface area contributed by atoms with Gasteiger partial charge in [0.2, 0.25) is 0 Å². The topological polar surface area (TPSA) is 38.7 Å². The zero-order chi connectivity index (χ0) is 29.5. The van der Waals surface area contributed by atoms with E-state index < -0.39 is 5.60 Å². The predicted octanol–water partition coefficient (Wildman–Crippen LogP) is 9.21. The minimum absolute atomic E-state index is 0.134. The number of halogens is 1. The molecule has 0 bridgehead atoms. The molecule has 216 valence electrons. The average Bonchev–Trinajstić information content (AvgIpc) is 2.94. The maximum atomic E-state index is 14.9. The van der Waals surface area contributed by atoms with Crippen molar-refractivity contribution in [2.75, 3.05) is 13.7 Å². The molecule has 3 nitrogen and oxygen atoms in total. The molecule has 0 saturated carbocycles. The molecule has 0 aliphatic rings. The summed E-state index contributed by atoms with van der Waals surface area (Å²) in [5.41, 5.74) is 8.90. The van der Waals surface area contributed by atoms with Gasteiger partial charge in [0.1, 0.15) is 5.82 Å². The van der Waals surface area contributed by atoms with E-state index in [0.29, 0.717) is 31.4 Å². The summed E-state index contributed by atoms with van der Waals surface area (Å²) in [5, 5.41) is 10.7. The number of aryl methyl sites for hydroxylation is 3. The van der Waals surface area contributed by atoms with Crippen LogP contribution in [0.1, 0.15) is 92.3 Å². The summed E-state index contributed by atoms with van der Waals surface area (Å²) in [6, 6.07) is 16.8. The van der Waals surface area contributed by atoms with Gasteiger partial charge in [-0.15, -0.1) is 0 Å². The number of aliphatic hydroxyl groups is 1. The Bertz CT molecular complexity index is 1290. The minimum Gasteiger partial charge on any atom is -0.386 e. The molecule has 3 rings (SSSR count).